The average Bonchev–Trinajstić information content (AvgIpc) is 1.85. The smallest absolute Gasteiger partial charge is 0.00183 e. The van der Waals surface area contributed by atoms with Gasteiger partial charge in [0.05, 0.1) is 0 Å². The topological polar surface area (TPSA) is 26.0 Å². The first-order chi connectivity index (χ1) is 4.45. The number of nitrogens with two attached hydrogens (primary N) is 1. The summed E-state index contributed by atoms with van der Waals surface area (Å²) in [5.41, 5.74) is 6.03. The highest BCUT2D eigenvalue weighted by Gasteiger charge is 2.29. The zero-order valence-electron chi connectivity index (χ0n) is 8.35. The van der Waals surface area contributed by atoms with Crippen molar-refractivity contribution in [1.82, 2.24) is 0 Å². The molecule has 0 aromatic rings. The van der Waals surface area contributed by atoms with Gasteiger partial charge in [-0.1, -0.05) is 34.6 Å². The Kier molecular flexibility index (Phi) is 6.27. The molecule has 0 aliphatic heterocycles. The molecule has 0 atom stereocenters. The van der Waals surface area contributed by atoms with Crippen molar-refractivity contribution in [3.05, 3.63) is 0 Å². The van der Waals surface area contributed by atoms with Crippen LogP contribution in [0.1, 0.15) is 34.6 Å². The third kappa shape index (κ3) is 3.00. The molecule has 0 saturated heterocycles. The summed E-state index contributed by atoms with van der Waals surface area (Å²) in [6, 6.07) is 0. The van der Waals surface area contributed by atoms with Gasteiger partial charge in [0, 0.05) is 0 Å². The molecule has 0 unspecified atom stereocenters. The van der Waals surface area contributed by atoms with Crippen LogP contribution in [0.4, 0.5) is 0 Å². The Labute approximate surface area is 77.2 Å². The third-order valence-corrected chi connectivity index (χ3v) is 3.08. The zero-order valence-corrected chi connectivity index (χ0v) is 9.16. The summed E-state index contributed by atoms with van der Waals surface area (Å²) >= 11 is 0. The van der Waals surface area contributed by atoms with E-state index in [0.29, 0.717) is 17.3 Å². The molecule has 70 valence electrons. The SMILES string of the molecule is CC(C)C(C)(CN)C(C)C.Cl. The predicted molar refractivity (Wildman–Crippen MR) is 54.1 cm³/mol. The number of halogens is 1. The molecular formula is C9H22ClN. The van der Waals surface area contributed by atoms with Crippen molar-refractivity contribution >= 4 is 12.4 Å². The highest BCUT2D eigenvalue weighted by Crippen LogP contribution is 2.33. The fourth-order valence-electron chi connectivity index (χ4n) is 1.14. The van der Waals surface area contributed by atoms with Crippen LogP contribution >= 0.6 is 12.4 Å². The first kappa shape index (κ1) is 13.8. The van der Waals surface area contributed by atoms with Gasteiger partial charge < -0.3 is 5.73 Å². The van der Waals surface area contributed by atoms with Crippen LogP contribution in [0.15, 0.2) is 0 Å². The van der Waals surface area contributed by atoms with E-state index in [-0.39, 0.29) is 12.4 Å². The van der Waals surface area contributed by atoms with Crippen LogP contribution in [0.2, 0.25) is 0 Å². The van der Waals surface area contributed by atoms with Gasteiger partial charge in [0.2, 0.25) is 0 Å². The van der Waals surface area contributed by atoms with E-state index in [1.54, 1.807) is 0 Å². The van der Waals surface area contributed by atoms with Crippen molar-refractivity contribution in [3.63, 3.8) is 0 Å². The minimum absolute atomic E-state index is 0. The van der Waals surface area contributed by atoms with E-state index in [1.165, 1.54) is 0 Å². The Balaban J connectivity index is 0. The monoisotopic (exact) mass is 179 g/mol. The Morgan fingerprint density at radius 1 is 1.09 bits per heavy atom. The predicted octanol–water partition coefficient (Wildman–Crippen LogP) is 2.69. The molecule has 0 spiro atoms. The fraction of sp³-hybridized carbons (Fsp3) is 1.00. The van der Waals surface area contributed by atoms with Crippen LogP contribution in [0, 0.1) is 17.3 Å². The number of rotatable bonds is 3. The van der Waals surface area contributed by atoms with E-state index in [1.807, 2.05) is 0 Å². The molecule has 0 rings (SSSR count). The highest BCUT2D eigenvalue weighted by molar-refractivity contribution is 5.85. The third-order valence-electron chi connectivity index (χ3n) is 3.08. The Morgan fingerprint density at radius 2 is 1.36 bits per heavy atom. The fourth-order valence-corrected chi connectivity index (χ4v) is 1.14. The molecule has 0 aliphatic rings. The Bertz CT molecular complexity index is 91.7. The molecule has 2 heteroatoms. The molecule has 1 nitrogen and oxygen atoms in total. The van der Waals surface area contributed by atoms with Gasteiger partial charge in [-0.2, -0.15) is 0 Å². The van der Waals surface area contributed by atoms with Gasteiger partial charge in [-0.25, -0.2) is 0 Å². The second-order valence-electron chi connectivity index (χ2n) is 4.02. The normalized spacial score (nSPS) is 12.0. The zero-order chi connectivity index (χ0) is 8.36. The first-order valence-corrected chi connectivity index (χ1v) is 4.15. The summed E-state index contributed by atoms with van der Waals surface area (Å²) in [6.45, 7) is 12.0. The van der Waals surface area contributed by atoms with E-state index >= 15 is 0 Å². The van der Waals surface area contributed by atoms with Gasteiger partial charge >= 0.3 is 0 Å². The molecule has 0 aromatic heterocycles. The van der Waals surface area contributed by atoms with Crippen molar-refractivity contribution in [2.24, 2.45) is 23.0 Å². The minimum atomic E-state index is 0. The summed E-state index contributed by atoms with van der Waals surface area (Å²) in [5, 5.41) is 0. The van der Waals surface area contributed by atoms with Crippen molar-refractivity contribution in [2.75, 3.05) is 6.54 Å². The van der Waals surface area contributed by atoms with Gasteiger partial charge in [0.15, 0.2) is 0 Å². The first-order valence-electron chi connectivity index (χ1n) is 4.15. The van der Waals surface area contributed by atoms with E-state index in [4.69, 9.17) is 5.73 Å². The van der Waals surface area contributed by atoms with E-state index in [0.717, 1.165) is 6.54 Å². The lowest BCUT2D eigenvalue weighted by molar-refractivity contribution is 0.149. The van der Waals surface area contributed by atoms with E-state index in [2.05, 4.69) is 34.6 Å². The van der Waals surface area contributed by atoms with Gasteiger partial charge in [-0.05, 0) is 23.8 Å². The van der Waals surface area contributed by atoms with Crippen LogP contribution in [0.5, 0.6) is 0 Å². The van der Waals surface area contributed by atoms with Crippen molar-refractivity contribution < 1.29 is 0 Å². The van der Waals surface area contributed by atoms with Crippen LogP contribution in [0.3, 0.4) is 0 Å². The van der Waals surface area contributed by atoms with Crippen molar-refractivity contribution in [2.45, 2.75) is 34.6 Å². The molecular weight excluding hydrogens is 158 g/mol. The maximum Gasteiger partial charge on any atom is -0.00183 e. The van der Waals surface area contributed by atoms with Crippen molar-refractivity contribution in [1.29, 1.82) is 0 Å². The Hall–Kier alpha value is 0.250. The summed E-state index contributed by atoms with van der Waals surface area (Å²) in [7, 11) is 0. The second kappa shape index (κ2) is 5.00. The largest absolute Gasteiger partial charge is 0.330 e. The Morgan fingerprint density at radius 3 is 1.36 bits per heavy atom. The lowest BCUT2D eigenvalue weighted by Crippen LogP contribution is -2.37. The average molecular weight is 180 g/mol. The van der Waals surface area contributed by atoms with Gasteiger partial charge in [0.25, 0.3) is 0 Å². The second-order valence-corrected chi connectivity index (χ2v) is 4.02. The van der Waals surface area contributed by atoms with Crippen LogP contribution in [0.25, 0.3) is 0 Å². The van der Waals surface area contributed by atoms with Gasteiger partial charge in [-0.15, -0.1) is 12.4 Å². The summed E-state index contributed by atoms with van der Waals surface area (Å²) in [4.78, 5) is 0. The van der Waals surface area contributed by atoms with Crippen LogP contribution in [-0.2, 0) is 0 Å². The molecule has 0 heterocycles. The number of hydrogen-bond acceptors (Lipinski definition) is 1. The standard InChI is InChI=1S/C9H21N.ClH/c1-7(2)9(5,6-10)8(3)4;/h7-8H,6,10H2,1-5H3;1H. The molecule has 2 N–H and O–H groups in total. The number of hydrogen-bond donors (Lipinski definition) is 1. The molecule has 11 heavy (non-hydrogen) atoms. The lowest BCUT2D eigenvalue weighted by Gasteiger charge is -2.36. The van der Waals surface area contributed by atoms with Gasteiger partial charge in [0.1, 0.15) is 0 Å². The molecule has 0 saturated carbocycles. The molecule has 0 radical (unpaired) electrons. The molecule has 0 fully saturated rings. The molecule has 0 bridgehead atoms. The highest BCUT2D eigenvalue weighted by atomic mass is 35.5. The van der Waals surface area contributed by atoms with Crippen molar-refractivity contribution in [3.8, 4) is 0 Å². The molecule has 0 aromatic carbocycles. The van der Waals surface area contributed by atoms with Gasteiger partial charge in [-0.3, -0.25) is 0 Å². The summed E-state index contributed by atoms with van der Waals surface area (Å²) in [6.07, 6.45) is 0. The van der Waals surface area contributed by atoms with Crippen LogP contribution in [-0.4, -0.2) is 6.54 Å². The summed E-state index contributed by atoms with van der Waals surface area (Å²) in [5.74, 6) is 1.36. The quantitative estimate of drug-likeness (QED) is 0.709. The van der Waals surface area contributed by atoms with E-state index < -0.39 is 0 Å². The molecule has 0 aliphatic carbocycles. The summed E-state index contributed by atoms with van der Waals surface area (Å²) < 4.78 is 0. The van der Waals surface area contributed by atoms with Crippen LogP contribution < -0.4 is 5.73 Å². The van der Waals surface area contributed by atoms with E-state index in [9.17, 15) is 0 Å². The maximum absolute atomic E-state index is 5.71. The maximum atomic E-state index is 5.71. The molecule has 0 amide bonds. The minimum Gasteiger partial charge on any atom is -0.330 e. The lowest BCUT2D eigenvalue weighted by atomic mass is 9.71.